The number of nitrogens with zero attached hydrogens (tertiary/aromatic N) is 2. The molecule has 0 fully saturated rings. The van der Waals surface area contributed by atoms with E-state index in [0.717, 1.165) is 11.3 Å². The van der Waals surface area contributed by atoms with E-state index < -0.39 is 18.6 Å². The number of ketones is 1. The fourth-order valence-corrected chi connectivity index (χ4v) is 2.32. The second kappa shape index (κ2) is 5.59. The Kier molecular flexibility index (Phi) is 3.64. The van der Waals surface area contributed by atoms with E-state index in [4.69, 9.17) is 9.26 Å². The lowest BCUT2D eigenvalue weighted by Gasteiger charge is -2.23. The van der Waals surface area contributed by atoms with Gasteiger partial charge in [-0.15, -0.1) is 0 Å². The van der Waals surface area contributed by atoms with Crippen molar-refractivity contribution in [1.29, 1.82) is 0 Å². The summed E-state index contributed by atoms with van der Waals surface area (Å²) < 4.78 is 34.9. The third-order valence-electron chi connectivity index (χ3n) is 3.32. The number of carbonyl (C=O) groups excluding carboxylic acids is 1. The van der Waals surface area contributed by atoms with Crippen LogP contribution in [0.5, 0.6) is 5.75 Å². The summed E-state index contributed by atoms with van der Waals surface area (Å²) in [6.45, 7) is 0.515. The van der Waals surface area contributed by atoms with Crippen molar-refractivity contribution in [2.45, 2.75) is 25.2 Å². The fraction of sp³-hybridized carbons (Fsp3) is 0.357. The van der Waals surface area contributed by atoms with Crippen LogP contribution in [-0.4, -0.2) is 29.0 Å². The molecule has 110 valence electrons. The van der Waals surface area contributed by atoms with Gasteiger partial charge in [0.25, 0.3) is 6.43 Å². The van der Waals surface area contributed by atoms with Crippen LogP contribution in [0.3, 0.4) is 0 Å². The van der Waals surface area contributed by atoms with Gasteiger partial charge in [-0.25, -0.2) is 8.78 Å². The molecular weight excluding hydrogens is 282 g/mol. The number of ether oxygens (including phenoxy) is 1. The Hall–Kier alpha value is -2.31. The molecule has 1 aliphatic rings. The highest BCUT2D eigenvalue weighted by atomic mass is 19.3. The Bertz CT molecular complexity index is 657. The predicted octanol–water partition coefficient (Wildman–Crippen LogP) is 2.36. The number of benzene rings is 1. The second-order valence-electron chi connectivity index (χ2n) is 4.72. The average Bonchev–Trinajstić information content (AvgIpc) is 2.95. The van der Waals surface area contributed by atoms with E-state index in [1.54, 1.807) is 0 Å². The van der Waals surface area contributed by atoms with E-state index in [-0.39, 0.29) is 11.8 Å². The van der Waals surface area contributed by atoms with Crippen LogP contribution in [0.15, 0.2) is 28.8 Å². The van der Waals surface area contributed by atoms with Gasteiger partial charge in [-0.1, -0.05) is 23.4 Å². The Morgan fingerprint density at radius 2 is 2.19 bits per heavy atom. The van der Waals surface area contributed by atoms with Gasteiger partial charge in [-0.2, -0.15) is 4.98 Å². The normalized spacial score (nSPS) is 17.4. The van der Waals surface area contributed by atoms with Crippen molar-refractivity contribution in [3.8, 4) is 5.75 Å². The van der Waals surface area contributed by atoms with Crippen LogP contribution < -0.4 is 4.74 Å². The largest absolute Gasteiger partial charge is 0.493 e. The van der Waals surface area contributed by atoms with E-state index in [1.807, 2.05) is 24.3 Å². The van der Waals surface area contributed by atoms with Crippen LogP contribution in [0.2, 0.25) is 0 Å². The topological polar surface area (TPSA) is 65.2 Å². The predicted molar refractivity (Wildman–Crippen MR) is 67.4 cm³/mol. The number of hydrogen-bond acceptors (Lipinski definition) is 5. The molecule has 21 heavy (non-hydrogen) atoms. The smallest absolute Gasteiger partial charge is 0.296 e. The molecule has 0 radical (unpaired) electrons. The zero-order valence-electron chi connectivity index (χ0n) is 11.0. The monoisotopic (exact) mass is 294 g/mol. The number of alkyl halides is 2. The molecule has 0 amide bonds. The molecule has 1 aromatic carbocycles. The molecular formula is C14H12F2N2O3. The lowest BCUT2D eigenvalue weighted by atomic mass is 9.92. The number of halogens is 2. The van der Waals surface area contributed by atoms with Crippen LogP contribution >= 0.6 is 0 Å². The summed E-state index contributed by atoms with van der Waals surface area (Å²) in [5.74, 6) is -0.280. The van der Waals surface area contributed by atoms with Gasteiger partial charge in [0, 0.05) is 5.56 Å². The van der Waals surface area contributed by atoms with Gasteiger partial charge in [-0.3, -0.25) is 4.79 Å². The van der Waals surface area contributed by atoms with Crippen molar-refractivity contribution < 1.29 is 22.8 Å². The first kappa shape index (κ1) is 13.7. The minimum absolute atomic E-state index is 0.0840. The Morgan fingerprint density at radius 3 is 3.00 bits per heavy atom. The summed E-state index contributed by atoms with van der Waals surface area (Å²) >= 11 is 0. The maximum atomic E-state index is 12.2. The first-order chi connectivity index (χ1) is 10.1. The van der Waals surface area contributed by atoms with E-state index in [1.165, 1.54) is 0 Å². The van der Waals surface area contributed by atoms with Crippen LogP contribution in [0.4, 0.5) is 8.78 Å². The molecule has 1 unspecified atom stereocenters. The summed E-state index contributed by atoms with van der Waals surface area (Å²) in [6, 6.07) is 7.49. The highest BCUT2D eigenvalue weighted by Crippen LogP contribution is 2.36. The third kappa shape index (κ3) is 2.76. The van der Waals surface area contributed by atoms with E-state index in [2.05, 4.69) is 10.1 Å². The quantitative estimate of drug-likeness (QED) is 0.866. The molecule has 1 atom stereocenters. The number of fused-ring (bicyclic) bond motifs is 1. The molecule has 5 nitrogen and oxygen atoms in total. The van der Waals surface area contributed by atoms with Gasteiger partial charge in [0.15, 0.2) is 5.82 Å². The van der Waals surface area contributed by atoms with Crippen molar-refractivity contribution in [3.05, 3.63) is 41.5 Å². The zero-order valence-corrected chi connectivity index (χ0v) is 11.0. The molecule has 0 saturated carbocycles. The lowest BCUT2D eigenvalue weighted by Crippen LogP contribution is -2.16. The molecule has 0 saturated heterocycles. The maximum absolute atomic E-state index is 12.2. The van der Waals surface area contributed by atoms with E-state index in [0.29, 0.717) is 18.9 Å². The third-order valence-corrected chi connectivity index (χ3v) is 3.32. The first-order valence-corrected chi connectivity index (χ1v) is 6.50. The summed E-state index contributed by atoms with van der Waals surface area (Å²) in [7, 11) is 0. The van der Waals surface area contributed by atoms with Crippen molar-refractivity contribution in [1.82, 2.24) is 10.1 Å². The summed E-state index contributed by atoms with van der Waals surface area (Å²) in [5.41, 5.74) is 0.927. The maximum Gasteiger partial charge on any atom is 0.296 e. The standard InChI is InChI=1S/C14H12F2N2O3/c15-13(16)10(19)7-12-17-14(18-21-12)9-5-6-20-11-4-2-1-3-8(9)11/h1-4,9,13H,5-7H2. The SMILES string of the molecule is O=C(Cc1nc(C2CCOc3ccccc32)no1)C(F)F. The van der Waals surface area contributed by atoms with Crippen molar-refractivity contribution in [2.24, 2.45) is 0 Å². The summed E-state index contributed by atoms with van der Waals surface area (Å²) in [6.07, 6.45) is -2.90. The second-order valence-corrected chi connectivity index (χ2v) is 4.72. The Labute approximate surface area is 118 Å². The lowest BCUT2D eigenvalue weighted by molar-refractivity contribution is -0.129. The summed E-state index contributed by atoms with van der Waals surface area (Å²) in [5, 5.41) is 3.81. The average molecular weight is 294 g/mol. The van der Waals surface area contributed by atoms with Crippen LogP contribution in [-0.2, 0) is 11.2 Å². The summed E-state index contributed by atoms with van der Waals surface area (Å²) in [4.78, 5) is 15.1. The van der Waals surface area contributed by atoms with Crippen LogP contribution in [0.25, 0.3) is 0 Å². The van der Waals surface area contributed by atoms with Crippen molar-refractivity contribution in [3.63, 3.8) is 0 Å². The van der Waals surface area contributed by atoms with E-state index >= 15 is 0 Å². The number of para-hydroxylation sites is 1. The zero-order chi connectivity index (χ0) is 14.8. The molecule has 7 heteroatoms. The molecule has 0 bridgehead atoms. The molecule has 0 N–H and O–H groups in total. The highest BCUT2D eigenvalue weighted by molar-refractivity contribution is 5.82. The Morgan fingerprint density at radius 1 is 1.38 bits per heavy atom. The first-order valence-electron chi connectivity index (χ1n) is 6.50. The molecule has 1 aromatic heterocycles. The van der Waals surface area contributed by atoms with Gasteiger partial charge in [0.05, 0.1) is 18.9 Å². The van der Waals surface area contributed by atoms with Gasteiger partial charge >= 0.3 is 0 Å². The van der Waals surface area contributed by atoms with Crippen LogP contribution in [0.1, 0.15) is 29.6 Å². The minimum atomic E-state index is -3.02. The van der Waals surface area contributed by atoms with Crippen molar-refractivity contribution in [2.75, 3.05) is 6.61 Å². The fourth-order valence-electron chi connectivity index (χ4n) is 2.32. The minimum Gasteiger partial charge on any atom is -0.493 e. The Balaban J connectivity index is 1.83. The van der Waals surface area contributed by atoms with Gasteiger partial charge < -0.3 is 9.26 Å². The number of hydrogen-bond donors (Lipinski definition) is 0. The molecule has 1 aliphatic heterocycles. The number of rotatable bonds is 4. The highest BCUT2D eigenvalue weighted by Gasteiger charge is 2.28. The number of aromatic nitrogens is 2. The molecule has 2 aromatic rings. The number of carbonyl (C=O) groups is 1. The number of Topliss-reactive ketones (excluding diaryl/α,β-unsaturated/α-hetero) is 1. The molecule has 2 heterocycles. The molecule has 0 spiro atoms. The van der Waals surface area contributed by atoms with E-state index in [9.17, 15) is 13.6 Å². The molecule has 3 rings (SSSR count). The molecule has 0 aliphatic carbocycles. The van der Waals surface area contributed by atoms with Crippen LogP contribution in [0, 0.1) is 0 Å². The van der Waals surface area contributed by atoms with Gasteiger partial charge in [0.2, 0.25) is 11.7 Å². The van der Waals surface area contributed by atoms with Crippen molar-refractivity contribution >= 4 is 5.78 Å². The van der Waals surface area contributed by atoms with Gasteiger partial charge in [-0.05, 0) is 12.5 Å². The van der Waals surface area contributed by atoms with Gasteiger partial charge in [0.1, 0.15) is 5.75 Å².